The molecule has 1 fully saturated rings. The molecule has 0 aliphatic carbocycles. The van der Waals surface area contributed by atoms with Crippen molar-refractivity contribution in [1.29, 1.82) is 0 Å². The Morgan fingerprint density at radius 1 is 1.09 bits per heavy atom. The Labute approximate surface area is 198 Å². The molecular weight excluding hydrogens is 432 g/mol. The van der Waals surface area contributed by atoms with Crippen LogP contribution in [0.4, 0.5) is 11.4 Å². The quantitative estimate of drug-likeness (QED) is 0.496. The number of nitrogens with zero attached hydrogens (tertiary/aromatic N) is 2. The lowest BCUT2D eigenvalue weighted by Crippen LogP contribution is -2.29. The molecule has 176 valence electrons. The van der Waals surface area contributed by atoms with Crippen LogP contribution in [0, 0.1) is 0 Å². The third kappa shape index (κ3) is 5.46. The van der Waals surface area contributed by atoms with Gasteiger partial charge < -0.3 is 25.4 Å². The number of piperidine rings is 1. The fourth-order valence-corrected chi connectivity index (χ4v) is 4.10. The number of nitrogens with two attached hydrogens (primary N) is 1. The summed E-state index contributed by atoms with van der Waals surface area (Å²) in [5, 5.41) is 4.95. The first-order chi connectivity index (χ1) is 16.5. The van der Waals surface area contributed by atoms with E-state index in [0.717, 1.165) is 29.4 Å². The molecule has 1 aliphatic rings. The van der Waals surface area contributed by atoms with Gasteiger partial charge in [-0.15, -0.1) is 0 Å². The average Bonchev–Trinajstić information content (AvgIpc) is 2.87. The lowest BCUT2D eigenvalue weighted by Gasteiger charge is -2.30. The highest BCUT2D eigenvalue weighted by Crippen LogP contribution is 2.33. The van der Waals surface area contributed by atoms with Crippen LogP contribution in [-0.4, -0.2) is 43.6 Å². The van der Waals surface area contributed by atoms with Gasteiger partial charge in [-0.1, -0.05) is 6.07 Å². The number of carbonyl (C=O) groups is 2. The molecule has 4 rings (SSSR count). The number of carbonyl (C=O) groups excluding carboxylic acids is 2. The summed E-state index contributed by atoms with van der Waals surface area (Å²) in [7, 11) is 1.50. The van der Waals surface area contributed by atoms with Crippen molar-refractivity contribution in [2.45, 2.75) is 19.3 Å². The van der Waals surface area contributed by atoms with Crippen LogP contribution in [0.15, 0.2) is 54.9 Å². The molecule has 3 N–H and O–H groups in total. The second-order valence-corrected chi connectivity index (χ2v) is 8.09. The summed E-state index contributed by atoms with van der Waals surface area (Å²) in [4.78, 5) is 30.3. The van der Waals surface area contributed by atoms with E-state index in [0.29, 0.717) is 17.2 Å². The maximum atomic E-state index is 12.7. The summed E-state index contributed by atoms with van der Waals surface area (Å²) in [6.07, 6.45) is 10.4. The molecule has 2 aromatic carbocycles. The van der Waals surface area contributed by atoms with E-state index in [4.69, 9.17) is 15.2 Å². The van der Waals surface area contributed by atoms with E-state index >= 15 is 0 Å². The zero-order valence-electron chi connectivity index (χ0n) is 19.1. The van der Waals surface area contributed by atoms with Crippen molar-refractivity contribution in [2.75, 3.05) is 37.0 Å². The van der Waals surface area contributed by atoms with Gasteiger partial charge in [0.15, 0.2) is 18.1 Å². The molecule has 1 aromatic heterocycles. The predicted octanol–water partition coefficient (Wildman–Crippen LogP) is 3.75. The zero-order valence-corrected chi connectivity index (χ0v) is 19.1. The molecule has 0 atom stereocenters. The molecule has 1 saturated heterocycles. The fourth-order valence-electron chi connectivity index (χ4n) is 4.10. The molecule has 8 nitrogen and oxygen atoms in total. The summed E-state index contributed by atoms with van der Waals surface area (Å²) in [6, 6.07) is 11.1. The number of hydrogen-bond acceptors (Lipinski definition) is 6. The number of primary amides is 1. The number of benzene rings is 2. The minimum absolute atomic E-state index is 0.243. The Morgan fingerprint density at radius 3 is 2.68 bits per heavy atom. The normalized spacial score (nSPS) is 13.7. The smallest absolute Gasteiger partial charge is 0.255 e. The average molecular weight is 461 g/mol. The number of ether oxygens (including phenoxy) is 2. The van der Waals surface area contributed by atoms with Crippen molar-refractivity contribution in [2.24, 2.45) is 5.73 Å². The summed E-state index contributed by atoms with van der Waals surface area (Å²) >= 11 is 0. The van der Waals surface area contributed by atoms with Crippen LogP contribution >= 0.6 is 0 Å². The Morgan fingerprint density at radius 2 is 1.91 bits per heavy atom. The van der Waals surface area contributed by atoms with Gasteiger partial charge in [0, 0.05) is 48.0 Å². The third-order valence-electron chi connectivity index (χ3n) is 5.73. The van der Waals surface area contributed by atoms with Crippen LogP contribution in [-0.2, 0) is 9.59 Å². The highest BCUT2D eigenvalue weighted by Gasteiger charge is 2.15. The van der Waals surface area contributed by atoms with Crippen molar-refractivity contribution >= 4 is 40.0 Å². The van der Waals surface area contributed by atoms with Crippen molar-refractivity contribution in [3.63, 3.8) is 0 Å². The molecule has 0 bridgehead atoms. The second kappa shape index (κ2) is 10.7. The van der Waals surface area contributed by atoms with Gasteiger partial charge in [0.25, 0.3) is 5.91 Å². The van der Waals surface area contributed by atoms with E-state index in [2.05, 4.69) is 21.3 Å². The van der Waals surface area contributed by atoms with Crippen LogP contribution in [0.3, 0.4) is 0 Å². The maximum absolute atomic E-state index is 12.7. The van der Waals surface area contributed by atoms with Crippen LogP contribution in [0.5, 0.6) is 11.5 Å². The Hall–Kier alpha value is -4.07. The molecule has 0 unspecified atom stereocenters. The SMILES string of the molecule is COc1cc(/C=C\C(=O)Nc2ccc(N3CCCCC3)c3ccncc23)ccc1OCC(N)=O. The van der Waals surface area contributed by atoms with Crippen molar-refractivity contribution in [3.8, 4) is 11.5 Å². The summed E-state index contributed by atoms with van der Waals surface area (Å²) in [5.74, 6) is 0.00289. The zero-order chi connectivity index (χ0) is 23.9. The lowest BCUT2D eigenvalue weighted by atomic mass is 10.1. The fraction of sp³-hybridized carbons (Fsp3) is 0.269. The molecular formula is C26H28N4O4. The minimum Gasteiger partial charge on any atom is -0.493 e. The molecule has 0 radical (unpaired) electrons. The highest BCUT2D eigenvalue weighted by molar-refractivity contribution is 6.10. The number of aromatic nitrogens is 1. The molecule has 1 aliphatic heterocycles. The molecule has 8 heteroatoms. The van der Waals surface area contributed by atoms with Gasteiger partial charge in [-0.05, 0) is 61.2 Å². The van der Waals surface area contributed by atoms with E-state index in [1.54, 1.807) is 36.7 Å². The standard InChI is InChI=1S/C26H28N4O4/c1-33-24-15-18(5-9-23(24)34-17-25(27)31)6-10-26(32)29-21-7-8-22(30-13-3-2-4-14-30)19-11-12-28-16-20(19)21/h5-12,15-16H,2-4,13-14,17H2,1H3,(H2,27,31)(H,29,32)/b10-6-. The van der Waals surface area contributed by atoms with Crippen molar-refractivity contribution in [3.05, 3.63) is 60.4 Å². The van der Waals surface area contributed by atoms with Gasteiger partial charge in [0.2, 0.25) is 5.91 Å². The van der Waals surface area contributed by atoms with Gasteiger partial charge in [0.1, 0.15) is 0 Å². The van der Waals surface area contributed by atoms with Crippen LogP contribution in [0.2, 0.25) is 0 Å². The van der Waals surface area contributed by atoms with Crippen LogP contribution in [0.1, 0.15) is 24.8 Å². The number of amides is 2. The molecule has 34 heavy (non-hydrogen) atoms. The lowest BCUT2D eigenvalue weighted by molar-refractivity contribution is -0.120. The number of methoxy groups -OCH3 is 1. The topological polar surface area (TPSA) is 107 Å². The van der Waals surface area contributed by atoms with Gasteiger partial charge in [-0.2, -0.15) is 0 Å². The molecule has 0 spiro atoms. The monoisotopic (exact) mass is 460 g/mol. The second-order valence-electron chi connectivity index (χ2n) is 8.09. The van der Waals surface area contributed by atoms with Gasteiger partial charge in [-0.25, -0.2) is 0 Å². The number of anilines is 2. The van der Waals surface area contributed by atoms with E-state index in [1.165, 1.54) is 38.1 Å². The molecule has 0 saturated carbocycles. The summed E-state index contributed by atoms with van der Waals surface area (Å²) in [6.45, 7) is 1.84. The highest BCUT2D eigenvalue weighted by atomic mass is 16.5. The van der Waals surface area contributed by atoms with Gasteiger partial charge in [-0.3, -0.25) is 14.6 Å². The first kappa shape index (κ1) is 23.1. The van der Waals surface area contributed by atoms with Crippen LogP contribution in [0.25, 0.3) is 16.8 Å². The third-order valence-corrected chi connectivity index (χ3v) is 5.73. The Balaban J connectivity index is 1.50. The largest absolute Gasteiger partial charge is 0.493 e. The van der Waals surface area contributed by atoms with Crippen molar-refractivity contribution < 1.29 is 19.1 Å². The van der Waals surface area contributed by atoms with E-state index in [1.807, 2.05) is 12.1 Å². The van der Waals surface area contributed by atoms with Gasteiger partial charge >= 0.3 is 0 Å². The molecule has 2 amide bonds. The Kier molecular flexibility index (Phi) is 7.27. The van der Waals surface area contributed by atoms with E-state index < -0.39 is 5.91 Å². The van der Waals surface area contributed by atoms with E-state index in [-0.39, 0.29) is 12.5 Å². The number of hydrogen-bond donors (Lipinski definition) is 2. The number of pyridine rings is 1. The van der Waals surface area contributed by atoms with Crippen molar-refractivity contribution in [1.82, 2.24) is 4.98 Å². The van der Waals surface area contributed by atoms with Crippen LogP contribution < -0.4 is 25.4 Å². The maximum Gasteiger partial charge on any atom is 0.255 e. The number of nitrogens with one attached hydrogen (secondary N) is 1. The first-order valence-electron chi connectivity index (χ1n) is 11.2. The predicted molar refractivity (Wildman–Crippen MR) is 133 cm³/mol. The Bertz CT molecular complexity index is 1220. The molecule has 3 aromatic rings. The summed E-state index contributed by atoms with van der Waals surface area (Å²) < 4.78 is 10.6. The number of rotatable bonds is 8. The molecule has 2 heterocycles. The van der Waals surface area contributed by atoms with Gasteiger partial charge in [0.05, 0.1) is 12.8 Å². The first-order valence-corrected chi connectivity index (χ1v) is 11.2. The minimum atomic E-state index is -0.575. The van der Waals surface area contributed by atoms with E-state index in [9.17, 15) is 9.59 Å². The summed E-state index contributed by atoms with van der Waals surface area (Å²) in [5.41, 5.74) is 7.75. The number of fused-ring (bicyclic) bond motifs is 1.